The fourth-order valence-electron chi connectivity index (χ4n) is 2.11. The highest BCUT2D eigenvalue weighted by Crippen LogP contribution is 2.17. The van der Waals surface area contributed by atoms with Gasteiger partial charge in [0.25, 0.3) is 5.91 Å². The molecule has 0 unspecified atom stereocenters. The van der Waals surface area contributed by atoms with Crippen LogP contribution in [-0.2, 0) is 6.54 Å². The molecule has 110 valence electrons. The molecule has 2 aromatic rings. The molecule has 0 aromatic heterocycles. The van der Waals surface area contributed by atoms with Crippen LogP contribution >= 0.6 is 11.8 Å². The molecule has 0 aliphatic rings. The van der Waals surface area contributed by atoms with Crippen molar-refractivity contribution in [1.82, 2.24) is 4.90 Å². The van der Waals surface area contributed by atoms with Crippen molar-refractivity contribution in [2.45, 2.75) is 18.4 Å². The van der Waals surface area contributed by atoms with Crippen LogP contribution in [0.3, 0.4) is 0 Å². The van der Waals surface area contributed by atoms with Crippen molar-refractivity contribution in [2.24, 2.45) is 0 Å². The Bertz CT molecular complexity index is 638. The average Bonchev–Trinajstić information content (AvgIpc) is 2.50. The molecule has 1 amide bonds. The first kappa shape index (κ1) is 15.4. The van der Waals surface area contributed by atoms with E-state index in [2.05, 4.69) is 24.3 Å². The molecule has 21 heavy (non-hydrogen) atoms. The number of nitrogens with zero attached hydrogens (tertiary/aromatic N) is 1. The summed E-state index contributed by atoms with van der Waals surface area (Å²) >= 11 is 1.71. The maximum absolute atomic E-state index is 12.4. The molecule has 0 saturated carbocycles. The van der Waals surface area contributed by atoms with E-state index >= 15 is 0 Å². The molecule has 2 rings (SSSR count). The number of hydrogen-bond acceptors (Lipinski definition) is 3. The molecule has 3 nitrogen and oxygen atoms in total. The molecule has 0 bridgehead atoms. The van der Waals surface area contributed by atoms with Gasteiger partial charge in [0.05, 0.1) is 0 Å². The van der Waals surface area contributed by atoms with Gasteiger partial charge in [-0.1, -0.05) is 12.1 Å². The SMILES string of the molecule is CSc1ccc(CN(C)C(=O)c2ccc(N)c(C)c2)cc1. The van der Waals surface area contributed by atoms with E-state index in [1.807, 2.05) is 26.3 Å². The van der Waals surface area contributed by atoms with Gasteiger partial charge in [0, 0.05) is 29.7 Å². The molecule has 2 aromatic carbocycles. The third kappa shape index (κ3) is 3.79. The first-order valence-electron chi connectivity index (χ1n) is 6.76. The minimum Gasteiger partial charge on any atom is -0.399 e. The zero-order chi connectivity index (χ0) is 15.4. The van der Waals surface area contributed by atoms with Gasteiger partial charge in [0.2, 0.25) is 0 Å². The van der Waals surface area contributed by atoms with Gasteiger partial charge in [0.15, 0.2) is 0 Å². The molecule has 0 heterocycles. The van der Waals surface area contributed by atoms with E-state index in [0.717, 1.165) is 11.1 Å². The molecule has 0 saturated heterocycles. The summed E-state index contributed by atoms with van der Waals surface area (Å²) in [5, 5.41) is 0. The lowest BCUT2D eigenvalue weighted by Gasteiger charge is -2.18. The Hall–Kier alpha value is -1.94. The zero-order valence-corrected chi connectivity index (χ0v) is 13.4. The summed E-state index contributed by atoms with van der Waals surface area (Å²) in [6.07, 6.45) is 2.05. The molecule has 0 fully saturated rings. The van der Waals surface area contributed by atoms with Crippen molar-refractivity contribution in [1.29, 1.82) is 0 Å². The Labute approximate surface area is 130 Å². The Balaban J connectivity index is 2.09. The van der Waals surface area contributed by atoms with Gasteiger partial charge in [-0.25, -0.2) is 0 Å². The van der Waals surface area contributed by atoms with Crippen LogP contribution in [0.5, 0.6) is 0 Å². The number of hydrogen-bond donors (Lipinski definition) is 1. The van der Waals surface area contributed by atoms with E-state index in [4.69, 9.17) is 5.73 Å². The van der Waals surface area contributed by atoms with Crippen LogP contribution in [0, 0.1) is 6.92 Å². The Morgan fingerprint density at radius 2 is 1.86 bits per heavy atom. The second-order valence-corrected chi connectivity index (χ2v) is 5.96. The fraction of sp³-hybridized carbons (Fsp3) is 0.235. The predicted molar refractivity (Wildman–Crippen MR) is 89.6 cm³/mol. The topological polar surface area (TPSA) is 46.3 Å². The summed E-state index contributed by atoms with van der Waals surface area (Å²) in [7, 11) is 1.82. The number of carbonyl (C=O) groups is 1. The van der Waals surface area contributed by atoms with Gasteiger partial charge in [-0.3, -0.25) is 4.79 Å². The van der Waals surface area contributed by atoms with Crippen LogP contribution in [0.25, 0.3) is 0 Å². The van der Waals surface area contributed by atoms with Gasteiger partial charge in [-0.05, 0) is 54.6 Å². The van der Waals surface area contributed by atoms with E-state index in [1.165, 1.54) is 4.90 Å². The van der Waals surface area contributed by atoms with Crippen molar-refractivity contribution in [2.75, 3.05) is 19.0 Å². The zero-order valence-electron chi connectivity index (χ0n) is 12.6. The quantitative estimate of drug-likeness (QED) is 0.693. The summed E-state index contributed by atoms with van der Waals surface area (Å²) in [6, 6.07) is 13.7. The van der Waals surface area contributed by atoms with Crippen LogP contribution < -0.4 is 5.73 Å². The third-order valence-electron chi connectivity index (χ3n) is 3.44. The molecule has 0 spiro atoms. The minimum atomic E-state index is 0.00652. The molecule has 0 aliphatic carbocycles. The summed E-state index contributed by atoms with van der Waals surface area (Å²) in [5.41, 5.74) is 9.22. The van der Waals surface area contributed by atoms with Crippen LogP contribution in [0.1, 0.15) is 21.5 Å². The predicted octanol–water partition coefficient (Wildman–Crippen LogP) is 3.57. The van der Waals surface area contributed by atoms with Crippen LogP contribution in [-0.4, -0.2) is 24.1 Å². The largest absolute Gasteiger partial charge is 0.399 e. The van der Waals surface area contributed by atoms with Gasteiger partial charge in [-0.15, -0.1) is 11.8 Å². The molecule has 2 N–H and O–H groups in total. The standard InChI is InChI=1S/C17H20N2OS/c1-12-10-14(6-9-16(12)18)17(20)19(2)11-13-4-7-15(21-3)8-5-13/h4-10H,11,18H2,1-3H3. The monoisotopic (exact) mass is 300 g/mol. The van der Waals surface area contributed by atoms with Crippen molar-refractivity contribution >= 4 is 23.4 Å². The average molecular weight is 300 g/mol. The van der Waals surface area contributed by atoms with Crippen LogP contribution in [0.2, 0.25) is 0 Å². The lowest BCUT2D eigenvalue weighted by Crippen LogP contribution is -2.26. The number of rotatable bonds is 4. The minimum absolute atomic E-state index is 0.00652. The Kier molecular flexibility index (Phi) is 4.91. The molecular weight excluding hydrogens is 280 g/mol. The molecule has 4 heteroatoms. The summed E-state index contributed by atoms with van der Waals surface area (Å²) in [6.45, 7) is 2.50. The molecule has 0 aliphatic heterocycles. The first-order valence-corrected chi connectivity index (χ1v) is 7.98. The van der Waals surface area contributed by atoms with Gasteiger partial charge < -0.3 is 10.6 Å². The lowest BCUT2D eigenvalue weighted by molar-refractivity contribution is 0.0785. The van der Waals surface area contributed by atoms with Gasteiger partial charge in [0.1, 0.15) is 0 Å². The fourth-order valence-corrected chi connectivity index (χ4v) is 2.51. The summed E-state index contributed by atoms with van der Waals surface area (Å²) in [4.78, 5) is 15.4. The lowest BCUT2D eigenvalue weighted by atomic mass is 10.1. The van der Waals surface area contributed by atoms with Crippen molar-refractivity contribution in [3.63, 3.8) is 0 Å². The van der Waals surface area contributed by atoms with E-state index in [0.29, 0.717) is 17.8 Å². The highest BCUT2D eigenvalue weighted by molar-refractivity contribution is 7.98. The number of carbonyl (C=O) groups excluding carboxylic acids is 1. The maximum Gasteiger partial charge on any atom is 0.253 e. The van der Waals surface area contributed by atoms with E-state index in [9.17, 15) is 4.79 Å². The van der Waals surface area contributed by atoms with E-state index in [1.54, 1.807) is 28.8 Å². The second-order valence-electron chi connectivity index (χ2n) is 5.08. The number of thioether (sulfide) groups is 1. The number of benzene rings is 2. The van der Waals surface area contributed by atoms with Gasteiger partial charge in [-0.2, -0.15) is 0 Å². The van der Waals surface area contributed by atoms with Crippen molar-refractivity contribution in [3.05, 3.63) is 59.2 Å². The highest BCUT2D eigenvalue weighted by Gasteiger charge is 2.12. The Morgan fingerprint density at radius 3 is 2.43 bits per heavy atom. The van der Waals surface area contributed by atoms with E-state index < -0.39 is 0 Å². The summed E-state index contributed by atoms with van der Waals surface area (Å²) < 4.78 is 0. The maximum atomic E-state index is 12.4. The van der Waals surface area contributed by atoms with E-state index in [-0.39, 0.29) is 5.91 Å². The number of nitrogen functional groups attached to an aromatic ring is 1. The smallest absolute Gasteiger partial charge is 0.253 e. The normalized spacial score (nSPS) is 10.4. The number of aryl methyl sites for hydroxylation is 1. The molecule has 0 atom stereocenters. The number of nitrogens with two attached hydrogens (primary N) is 1. The third-order valence-corrected chi connectivity index (χ3v) is 4.19. The molecule has 0 radical (unpaired) electrons. The first-order chi connectivity index (χ1) is 10.0. The van der Waals surface area contributed by atoms with Crippen LogP contribution in [0.15, 0.2) is 47.4 Å². The van der Waals surface area contributed by atoms with Crippen LogP contribution in [0.4, 0.5) is 5.69 Å². The molecular formula is C17H20N2OS. The van der Waals surface area contributed by atoms with Crippen molar-refractivity contribution in [3.8, 4) is 0 Å². The summed E-state index contributed by atoms with van der Waals surface area (Å²) in [5.74, 6) is 0.00652. The second kappa shape index (κ2) is 6.68. The van der Waals surface area contributed by atoms with Gasteiger partial charge >= 0.3 is 0 Å². The number of amides is 1. The van der Waals surface area contributed by atoms with Crippen molar-refractivity contribution < 1.29 is 4.79 Å². The highest BCUT2D eigenvalue weighted by atomic mass is 32.2. The number of anilines is 1. The Morgan fingerprint density at radius 1 is 1.19 bits per heavy atom.